The molecular weight excluding hydrogens is 199 g/mol. The molecule has 12 heavy (non-hydrogen) atoms. The van der Waals surface area contributed by atoms with E-state index in [0.29, 0.717) is 6.29 Å². The van der Waals surface area contributed by atoms with Crippen molar-refractivity contribution in [3.63, 3.8) is 0 Å². The molecule has 0 aliphatic rings. The number of hydrogen-bond acceptors (Lipinski definition) is 3. The van der Waals surface area contributed by atoms with Crippen LogP contribution >= 0.6 is 23.2 Å². The van der Waals surface area contributed by atoms with E-state index in [2.05, 4.69) is 4.98 Å². The minimum absolute atomic E-state index is 0.0472. The minimum atomic E-state index is -0.0472. The van der Waals surface area contributed by atoms with E-state index in [4.69, 9.17) is 28.5 Å². The molecule has 0 bridgehead atoms. The molecule has 0 aliphatic heterocycles. The number of pyridine rings is 1. The van der Waals surface area contributed by atoms with Crippen molar-refractivity contribution in [2.45, 2.75) is 0 Å². The monoisotopic (exact) mass is 200 g/mol. The fraction of sp³-hybridized carbons (Fsp3) is 0. The lowest BCUT2D eigenvalue weighted by Crippen LogP contribution is -1.92. The SMILES string of the molecule is N#Cc1cc(Cl)nc(Cl)c1C=O. The molecule has 0 fully saturated rings. The Morgan fingerprint density at radius 2 is 2.25 bits per heavy atom. The van der Waals surface area contributed by atoms with Crippen molar-refractivity contribution >= 4 is 29.5 Å². The van der Waals surface area contributed by atoms with Crippen molar-refractivity contribution in [1.29, 1.82) is 5.26 Å². The van der Waals surface area contributed by atoms with Gasteiger partial charge in [0.25, 0.3) is 0 Å². The van der Waals surface area contributed by atoms with Gasteiger partial charge in [-0.05, 0) is 6.07 Å². The molecule has 0 aromatic carbocycles. The van der Waals surface area contributed by atoms with Gasteiger partial charge >= 0.3 is 0 Å². The van der Waals surface area contributed by atoms with Crippen LogP contribution in [0.3, 0.4) is 0 Å². The zero-order chi connectivity index (χ0) is 9.14. The first-order chi connectivity index (χ1) is 5.69. The molecule has 0 saturated heterocycles. The molecule has 0 atom stereocenters. The van der Waals surface area contributed by atoms with Crippen LogP contribution in [0.15, 0.2) is 6.07 Å². The molecule has 0 radical (unpaired) electrons. The lowest BCUT2D eigenvalue weighted by molar-refractivity contribution is 0.112. The Hall–Kier alpha value is -1.11. The predicted molar refractivity (Wildman–Crippen MR) is 44.4 cm³/mol. The highest BCUT2D eigenvalue weighted by Gasteiger charge is 2.08. The first-order valence-electron chi connectivity index (χ1n) is 2.90. The topological polar surface area (TPSA) is 53.8 Å². The Morgan fingerprint density at radius 3 is 2.75 bits per heavy atom. The van der Waals surface area contributed by atoms with Gasteiger partial charge in [0.05, 0.1) is 11.1 Å². The normalized spacial score (nSPS) is 9.08. The third kappa shape index (κ3) is 1.55. The zero-order valence-corrected chi connectivity index (χ0v) is 7.23. The highest BCUT2D eigenvalue weighted by Crippen LogP contribution is 2.19. The molecule has 1 heterocycles. The van der Waals surface area contributed by atoms with E-state index < -0.39 is 0 Å². The minimum Gasteiger partial charge on any atom is -0.298 e. The van der Waals surface area contributed by atoms with E-state index in [1.54, 1.807) is 6.07 Å². The lowest BCUT2D eigenvalue weighted by Gasteiger charge is -1.97. The highest BCUT2D eigenvalue weighted by molar-refractivity contribution is 6.34. The number of carbonyl (C=O) groups excluding carboxylic acids is 1. The number of carbonyl (C=O) groups is 1. The molecule has 0 unspecified atom stereocenters. The molecule has 1 aromatic rings. The van der Waals surface area contributed by atoms with Crippen LogP contribution in [0.2, 0.25) is 10.3 Å². The summed E-state index contributed by atoms with van der Waals surface area (Å²) in [7, 11) is 0. The summed E-state index contributed by atoms with van der Waals surface area (Å²) in [5.41, 5.74) is 0.207. The Morgan fingerprint density at radius 1 is 1.58 bits per heavy atom. The average molecular weight is 201 g/mol. The molecule has 0 amide bonds. The van der Waals surface area contributed by atoms with Crippen molar-refractivity contribution in [2.24, 2.45) is 0 Å². The van der Waals surface area contributed by atoms with Gasteiger partial charge in [-0.15, -0.1) is 0 Å². The van der Waals surface area contributed by atoms with E-state index in [-0.39, 0.29) is 21.4 Å². The number of nitrogens with zero attached hydrogens (tertiary/aromatic N) is 2. The summed E-state index contributed by atoms with van der Waals surface area (Å²) in [6.07, 6.45) is 0.476. The van der Waals surface area contributed by atoms with Crippen LogP contribution in [0.5, 0.6) is 0 Å². The van der Waals surface area contributed by atoms with Crippen LogP contribution in [0.4, 0.5) is 0 Å². The summed E-state index contributed by atoms with van der Waals surface area (Å²) in [5, 5.41) is 8.60. The lowest BCUT2D eigenvalue weighted by atomic mass is 10.2. The van der Waals surface area contributed by atoms with Crippen LogP contribution in [-0.2, 0) is 0 Å². The molecule has 0 aliphatic carbocycles. The maximum atomic E-state index is 10.4. The third-order valence-corrected chi connectivity index (χ3v) is 1.70. The third-order valence-electron chi connectivity index (χ3n) is 1.22. The first kappa shape index (κ1) is 8.98. The van der Waals surface area contributed by atoms with Crippen molar-refractivity contribution in [3.05, 3.63) is 27.5 Å². The number of halogens is 2. The number of hydrogen-bond donors (Lipinski definition) is 0. The number of rotatable bonds is 1. The maximum absolute atomic E-state index is 10.4. The molecule has 60 valence electrons. The number of nitriles is 1. The van der Waals surface area contributed by atoms with Gasteiger partial charge in [-0.1, -0.05) is 23.2 Å². The van der Waals surface area contributed by atoms with Crippen LogP contribution in [0, 0.1) is 11.3 Å². The molecule has 1 rings (SSSR count). The van der Waals surface area contributed by atoms with E-state index in [1.807, 2.05) is 0 Å². The van der Waals surface area contributed by atoms with Gasteiger partial charge in [-0.2, -0.15) is 5.26 Å². The van der Waals surface area contributed by atoms with Gasteiger partial charge in [-0.25, -0.2) is 4.98 Å². The molecule has 1 aromatic heterocycles. The molecule has 3 nitrogen and oxygen atoms in total. The number of aldehydes is 1. The quantitative estimate of drug-likeness (QED) is 0.516. The van der Waals surface area contributed by atoms with Gasteiger partial charge < -0.3 is 0 Å². The second-order valence-electron chi connectivity index (χ2n) is 1.93. The standard InChI is InChI=1S/C7H2Cl2N2O/c8-6-1-4(2-10)5(3-12)7(9)11-6/h1,3H. The molecule has 0 saturated carbocycles. The van der Waals surface area contributed by atoms with Gasteiger partial charge in [0.15, 0.2) is 6.29 Å². The molecule has 5 heteroatoms. The smallest absolute Gasteiger partial charge is 0.154 e. The van der Waals surface area contributed by atoms with E-state index in [9.17, 15) is 4.79 Å². The zero-order valence-electron chi connectivity index (χ0n) is 5.71. The van der Waals surface area contributed by atoms with Crippen LogP contribution < -0.4 is 0 Å². The van der Waals surface area contributed by atoms with Crippen molar-refractivity contribution < 1.29 is 4.79 Å². The first-order valence-corrected chi connectivity index (χ1v) is 3.66. The van der Waals surface area contributed by atoms with E-state index in [0.717, 1.165) is 0 Å². The summed E-state index contributed by atoms with van der Waals surface area (Å²) in [6, 6.07) is 3.08. The average Bonchev–Trinajstić information content (AvgIpc) is 2.03. The summed E-state index contributed by atoms with van der Waals surface area (Å²) in [4.78, 5) is 14.0. The molecule has 0 N–H and O–H groups in total. The second-order valence-corrected chi connectivity index (χ2v) is 2.67. The summed E-state index contributed by atoms with van der Waals surface area (Å²) in [5.74, 6) is 0. The van der Waals surface area contributed by atoms with E-state index in [1.165, 1.54) is 6.07 Å². The van der Waals surface area contributed by atoms with Gasteiger partial charge in [0.2, 0.25) is 0 Å². The van der Waals surface area contributed by atoms with Crippen molar-refractivity contribution in [1.82, 2.24) is 4.98 Å². The van der Waals surface area contributed by atoms with Crippen molar-refractivity contribution in [3.8, 4) is 6.07 Å². The van der Waals surface area contributed by atoms with Crippen LogP contribution in [-0.4, -0.2) is 11.3 Å². The van der Waals surface area contributed by atoms with E-state index >= 15 is 0 Å². The Bertz CT molecular complexity index is 370. The Kier molecular flexibility index (Phi) is 2.64. The van der Waals surface area contributed by atoms with Crippen molar-refractivity contribution in [2.75, 3.05) is 0 Å². The van der Waals surface area contributed by atoms with Crippen LogP contribution in [0.25, 0.3) is 0 Å². The molecule has 0 spiro atoms. The van der Waals surface area contributed by atoms with Gasteiger partial charge in [0, 0.05) is 0 Å². The van der Waals surface area contributed by atoms with Crippen LogP contribution in [0.1, 0.15) is 15.9 Å². The molecular formula is C7H2Cl2N2O. The summed E-state index contributed by atoms with van der Waals surface area (Å²) >= 11 is 11.0. The summed E-state index contributed by atoms with van der Waals surface area (Å²) in [6.45, 7) is 0. The fourth-order valence-corrected chi connectivity index (χ4v) is 1.17. The maximum Gasteiger partial charge on any atom is 0.154 e. The predicted octanol–water partition coefficient (Wildman–Crippen LogP) is 2.07. The largest absolute Gasteiger partial charge is 0.298 e. The van der Waals surface area contributed by atoms with Gasteiger partial charge in [-0.3, -0.25) is 4.79 Å². The summed E-state index contributed by atoms with van der Waals surface area (Å²) < 4.78 is 0. The highest BCUT2D eigenvalue weighted by atomic mass is 35.5. The van der Waals surface area contributed by atoms with Gasteiger partial charge in [0.1, 0.15) is 16.4 Å². The number of aromatic nitrogens is 1. The fourth-order valence-electron chi connectivity index (χ4n) is 0.699. The Balaban J connectivity index is 3.46. The second kappa shape index (κ2) is 3.53. The Labute approximate surface area is 78.5 Å².